The van der Waals surface area contributed by atoms with Crippen LogP contribution in [0.5, 0.6) is 0 Å². The number of nitrogens with one attached hydrogen (secondary N) is 1. The van der Waals surface area contributed by atoms with Gasteiger partial charge in [-0.25, -0.2) is 0 Å². The summed E-state index contributed by atoms with van der Waals surface area (Å²) in [6, 6.07) is 16.1. The standard InChI is InChI=1S/C17H13NO2S/c1-21-17-14(15(19)11-7-3-2-4-8-11)16(20)12-9-5-6-10-13(12)18-17/h2-10H,1H3,(H,18,20). The van der Waals surface area contributed by atoms with Crippen molar-refractivity contribution >= 4 is 28.4 Å². The number of ketones is 1. The molecule has 0 aliphatic rings. The smallest absolute Gasteiger partial charge is 0.201 e. The largest absolute Gasteiger partial charge is 0.349 e. The molecule has 0 aliphatic heterocycles. The number of hydrogen-bond acceptors (Lipinski definition) is 3. The number of H-pyrrole nitrogens is 1. The Morgan fingerprint density at radius 2 is 1.67 bits per heavy atom. The summed E-state index contributed by atoms with van der Waals surface area (Å²) in [5.74, 6) is -0.244. The van der Waals surface area contributed by atoms with Crippen LogP contribution in [0.1, 0.15) is 15.9 Å². The molecule has 104 valence electrons. The Balaban J connectivity index is 2.29. The molecule has 21 heavy (non-hydrogen) atoms. The Hall–Kier alpha value is -2.33. The maximum absolute atomic E-state index is 12.7. The van der Waals surface area contributed by atoms with E-state index >= 15 is 0 Å². The van der Waals surface area contributed by atoms with Crippen LogP contribution < -0.4 is 5.43 Å². The Labute approximate surface area is 126 Å². The van der Waals surface area contributed by atoms with E-state index in [1.165, 1.54) is 11.8 Å². The van der Waals surface area contributed by atoms with Crippen LogP contribution in [0.2, 0.25) is 0 Å². The molecule has 1 heterocycles. The molecule has 2 aromatic carbocycles. The first kappa shape index (κ1) is 13.6. The lowest BCUT2D eigenvalue weighted by Crippen LogP contribution is -2.18. The number of carbonyl (C=O) groups is 1. The second-order valence-electron chi connectivity index (χ2n) is 4.60. The van der Waals surface area contributed by atoms with E-state index in [1.54, 1.807) is 36.4 Å². The van der Waals surface area contributed by atoms with Gasteiger partial charge in [0.1, 0.15) is 5.56 Å². The number of para-hydroxylation sites is 1. The molecule has 0 aliphatic carbocycles. The summed E-state index contributed by atoms with van der Waals surface area (Å²) in [5, 5.41) is 1.14. The molecule has 1 aromatic heterocycles. The Morgan fingerprint density at radius 3 is 2.38 bits per heavy atom. The molecule has 3 rings (SSSR count). The van der Waals surface area contributed by atoms with Crippen LogP contribution >= 0.6 is 11.8 Å². The minimum Gasteiger partial charge on any atom is -0.349 e. The molecule has 0 fully saturated rings. The molecule has 0 saturated heterocycles. The zero-order valence-electron chi connectivity index (χ0n) is 11.4. The molecule has 4 heteroatoms. The number of pyridine rings is 1. The van der Waals surface area contributed by atoms with E-state index < -0.39 is 0 Å². The van der Waals surface area contributed by atoms with Crippen LogP contribution in [0.4, 0.5) is 0 Å². The first-order valence-corrected chi connectivity index (χ1v) is 7.73. The van der Waals surface area contributed by atoms with Crippen LogP contribution in [0.3, 0.4) is 0 Å². The van der Waals surface area contributed by atoms with Gasteiger partial charge in [0.25, 0.3) is 0 Å². The van der Waals surface area contributed by atoms with Crippen molar-refractivity contribution in [3.63, 3.8) is 0 Å². The number of hydrogen-bond donors (Lipinski definition) is 1. The van der Waals surface area contributed by atoms with E-state index in [9.17, 15) is 9.59 Å². The molecule has 0 spiro atoms. The van der Waals surface area contributed by atoms with E-state index in [0.717, 1.165) is 5.52 Å². The average molecular weight is 295 g/mol. The first-order chi connectivity index (χ1) is 10.2. The first-order valence-electron chi connectivity index (χ1n) is 6.51. The molecule has 0 unspecified atom stereocenters. The number of carbonyl (C=O) groups excluding carboxylic acids is 1. The van der Waals surface area contributed by atoms with Gasteiger partial charge >= 0.3 is 0 Å². The second kappa shape index (κ2) is 5.58. The zero-order chi connectivity index (χ0) is 14.8. The maximum atomic E-state index is 12.7. The van der Waals surface area contributed by atoms with Gasteiger partial charge in [0.2, 0.25) is 5.43 Å². The van der Waals surface area contributed by atoms with E-state index in [2.05, 4.69) is 4.98 Å². The van der Waals surface area contributed by atoms with Crippen molar-refractivity contribution in [2.24, 2.45) is 0 Å². The monoisotopic (exact) mass is 295 g/mol. The zero-order valence-corrected chi connectivity index (χ0v) is 12.2. The summed E-state index contributed by atoms with van der Waals surface area (Å²) in [6.45, 7) is 0. The Morgan fingerprint density at radius 1 is 1.00 bits per heavy atom. The van der Waals surface area contributed by atoms with Gasteiger partial charge in [-0.1, -0.05) is 42.5 Å². The minimum atomic E-state index is -0.244. The molecule has 0 saturated carbocycles. The highest BCUT2D eigenvalue weighted by Crippen LogP contribution is 2.21. The van der Waals surface area contributed by atoms with Crippen molar-refractivity contribution in [2.75, 3.05) is 6.26 Å². The predicted octanol–water partition coefficient (Wildman–Crippen LogP) is 3.48. The fourth-order valence-electron chi connectivity index (χ4n) is 2.31. The third-order valence-corrected chi connectivity index (χ3v) is 4.06. The quantitative estimate of drug-likeness (QED) is 0.594. The molecular formula is C17H13NO2S. The fourth-order valence-corrected chi connectivity index (χ4v) is 2.91. The molecule has 1 N–H and O–H groups in total. The summed E-state index contributed by atoms with van der Waals surface area (Å²) < 4.78 is 0. The maximum Gasteiger partial charge on any atom is 0.201 e. The summed E-state index contributed by atoms with van der Waals surface area (Å²) in [6.07, 6.45) is 1.85. The Bertz CT molecular complexity index is 869. The van der Waals surface area contributed by atoms with E-state index in [1.807, 2.05) is 24.5 Å². The lowest BCUT2D eigenvalue weighted by Gasteiger charge is -2.08. The van der Waals surface area contributed by atoms with Gasteiger partial charge in [0, 0.05) is 10.9 Å². The molecule has 0 atom stereocenters. The van der Waals surface area contributed by atoms with Gasteiger partial charge in [-0.15, -0.1) is 11.8 Å². The topological polar surface area (TPSA) is 49.9 Å². The van der Waals surface area contributed by atoms with Crippen molar-refractivity contribution in [1.82, 2.24) is 4.98 Å². The van der Waals surface area contributed by atoms with Gasteiger partial charge in [-0.3, -0.25) is 9.59 Å². The lowest BCUT2D eigenvalue weighted by molar-refractivity contribution is 0.103. The summed E-state index contributed by atoms with van der Waals surface area (Å²) in [4.78, 5) is 28.5. The normalized spacial score (nSPS) is 10.7. The Kier molecular flexibility index (Phi) is 3.62. The number of rotatable bonds is 3. The molecule has 0 bridgehead atoms. The molecule has 3 aromatic rings. The van der Waals surface area contributed by atoms with Crippen LogP contribution in [0.15, 0.2) is 64.4 Å². The average Bonchev–Trinajstić information content (AvgIpc) is 2.55. The van der Waals surface area contributed by atoms with Gasteiger partial charge < -0.3 is 4.98 Å². The lowest BCUT2D eigenvalue weighted by atomic mass is 10.0. The van der Waals surface area contributed by atoms with Crippen molar-refractivity contribution in [3.05, 3.63) is 75.9 Å². The van der Waals surface area contributed by atoms with Gasteiger partial charge in [-0.05, 0) is 18.4 Å². The summed E-state index contributed by atoms with van der Waals surface area (Å²) >= 11 is 1.37. The molecule has 3 nitrogen and oxygen atoms in total. The predicted molar refractivity (Wildman–Crippen MR) is 86.2 cm³/mol. The number of fused-ring (bicyclic) bond motifs is 1. The van der Waals surface area contributed by atoms with Gasteiger partial charge in [0.15, 0.2) is 5.78 Å². The van der Waals surface area contributed by atoms with Crippen LogP contribution in [-0.4, -0.2) is 17.0 Å². The highest BCUT2D eigenvalue weighted by atomic mass is 32.2. The SMILES string of the molecule is CSc1[nH]c2ccccc2c(=O)c1C(=O)c1ccccc1. The van der Waals surface area contributed by atoms with Crippen LogP contribution in [-0.2, 0) is 0 Å². The van der Waals surface area contributed by atoms with Gasteiger partial charge in [0.05, 0.1) is 10.5 Å². The fraction of sp³-hybridized carbons (Fsp3) is 0.0588. The molecule has 0 amide bonds. The third-order valence-electron chi connectivity index (χ3n) is 3.34. The number of benzene rings is 2. The van der Waals surface area contributed by atoms with Crippen LogP contribution in [0, 0.1) is 0 Å². The van der Waals surface area contributed by atoms with Crippen molar-refractivity contribution < 1.29 is 4.79 Å². The van der Waals surface area contributed by atoms with Crippen molar-refractivity contribution in [1.29, 1.82) is 0 Å². The second-order valence-corrected chi connectivity index (χ2v) is 5.42. The minimum absolute atomic E-state index is 0.215. The highest BCUT2D eigenvalue weighted by molar-refractivity contribution is 7.98. The van der Waals surface area contributed by atoms with Gasteiger partial charge in [-0.2, -0.15) is 0 Å². The third kappa shape index (κ3) is 2.38. The number of thioether (sulfide) groups is 1. The highest BCUT2D eigenvalue weighted by Gasteiger charge is 2.19. The van der Waals surface area contributed by atoms with E-state index in [4.69, 9.17) is 0 Å². The van der Waals surface area contributed by atoms with E-state index in [-0.39, 0.29) is 16.8 Å². The van der Waals surface area contributed by atoms with Crippen LogP contribution in [0.25, 0.3) is 10.9 Å². The summed E-state index contributed by atoms with van der Waals surface area (Å²) in [7, 11) is 0. The number of aromatic nitrogens is 1. The van der Waals surface area contributed by atoms with Crippen molar-refractivity contribution in [2.45, 2.75) is 5.03 Å². The molecule has 0 radical (unpaired) electrons. The van der Waals surface area contributed by atoms with Crippen molar-refractivity contribution in [3.8, 4) is 0 Å². The number of aromatic amines is 1. The van der Waals surface area contributed by atoms with E-state index in [0.29, 0.717) is 16.0 Å². The molecular weight excluding hydrogens is 282 g/mol. The summed E-state index contributed by atoms with van der Waals surface area (Å²) in [5.41, 5.74) is 1.26.